The van der Waals surface area contributed by atoms with Gasteiger partial charge in [0.1, 0.15) is 11.5 Å². The maximum Gasteiger partial charge on any atom is 0.257 e. The first kappa shape index (κ1) is 22.7. The van der Waals surface area contributed by atoms with Gasteiger partial charge in [0.05, 0.1) is 13.2 Å². The van der Waals surface area contributed by atoms with Crippen molar-refractivity contribution in [3.05, 3.63) is 54.1 Å². The number of benzene rings is 2. The Bertz CT molecular complexity index is 821. The van der Waals surface area contributed by atoms with E-state index in [4.69, 9.17) is 21.7 Å². The molecule has 5 nitrogen and oxygen atoms in total. The summed E-state index contributed by atoms with van der Waals surface area (Å²) in [6.07, 6.45) is 0.992. The van der Waals surface area contributed by atoms with E-state index in [0.717, 1.165) is 17.9 Å². The Kier molecular flexibility index (Phi) is 8.93. The molecular formula is C23H30N2O3S. The van der Waals surface area contributed by atoms with E-state index in [9.17, 15) is 4.79 Å². The van der Waals surface area contributed by atoms with Gasteiger partial charge in [-0.1, -0.05) is 39.8 Å². The SMILES string of the molecule is CC(C)CCOc1cccc(NC(=S)NC(=O)c2cccc(OCC(C)C)c2)c1. The molecule has 0 aliphatic heterocycles. The summed E-state index contributed by atoms with van der Waals surface area (Å²) >= 11 is 5.28. The van der Waals surface area contributed by atoms with Crippen LogP contribution in [0.5, 0.6) is 11.5 Å². The second-order valence-electron chi connectivity index (χ2n) is 7.70. The molecule has 0 fully saturated rings. The van der Waals surface area contributed by atoms with Crippen LogP contribution in [0.25, 0.3) is 0 Å². The molecule has 2 rings (SSSR count). The third kappa shape index (κ3) is 8.52. The minimum absolute atomic E-state index is 0.225. The predicted molar refractivity (Wildman–Crippen MR) is 122 cm³/mol. The monoisotopic (exact) mass is 414 g/mol. The third-order valence-electron chi connectivity index (χ3n) is 3.96. The van der Waals surface area contributed by atoms with Gasteiger partial charge in [0, 0.05) is 17.3 Å². The normalized spacial score (nSPS) is 10.7. The summed E-state index contributed by atoms with van der Waals surface area (Å²) in [5.74, 6) is 2.14. The molecule has 0 unspecified atom stereocenters. The molecule has 0 heterocycles. The average Bonchev–Trinajstić information content (AvgIpc) is 2.66. The lowest BCUT2D eigenvalue weighted by Crippen LogP contribution is -2.34. The Balaban J connectivity index is 1.90. The minimum atomic E-state index is -0.290. The van der Waals surface area contributed by atoms with Crippen molar-refractivity contribution in [2.45, 2.75) is 34.1 Å². The molecule has 0 saturated carbocycles. The van der Waals surface area contributed by atoms with Crippen LogP contribution in [0, 0.1) is 11.8 Å². The summed E-state index contributed by atoms with van der Waals surface area (Å²) in [7, 11) is 0. The zero-order valence-electron chi connectivity index (χ0n) is 17.5. The van der Waals surface area contributed by atoms with Crippen molar-refractivity contribution in [3.63, 3.8) is 0 Å². The summed E-state index contributed by atoms with van der Waals surface area (Å²) < 4.78 is 11.4. The molecule has 0 aromatic heterocycles. The molecule has 2 aromatic rings. The third-order valence-corrected chi connectivity index (χ3v) is 4.17. The number of nitrogens with one attached hydrogen (secondary N) is 2. The van der Waals surface area contributed by atoms with Gasteiger partial charge in [-0.3, -0.25) is 10.1 Å². The fourth-order valence-corrected chi connectivity index (χ4v) is 2.61. The number of carbonyl (C=O) groups excluding carboxylic acids is 1. The number of thiocarbonyl (C=S) groups is 1. The molecule has 0 aliphatic rings. The van der Waals surface area contributed by atoms with Crippen molar-refractivity contribution < 1.29 is 14.3 Å². The first-order chi connectivity index (χ1) is 13.8. The van der Waals surface area contributed by atoms with Gasteiger partial charge in [-0.05, 0) is 60.8 Å². The van der Waals surface area contributed by atoms with E-state index in [1.165, 1.54) is 0 Å². The van der Waals surface area contributed by atoms with Crippen LogP contribution in [-0.4, -0.2) is 24.2 Å². The molecule has 0 bridgehead atoms. The van der Waals surface area contributed by atoms with Crippen LogP contribution in [0.4, 0.5) is 5.69 Å². The minimum Gasteiger partial charge on any atom is -0.494 e. The number of carbonyl (C=O) groups is 1. The van der Waals surface area contributed by atoms with E-state index in [2.05, 4.69) is 38.3 Å². The smallest absolute Gasteiger partial charge is 0.257 e. The van der Waals surface area contributed by atoms with Gasteiger partial charge >= 0.3 is 0 Å². The molecule has 156 valence electrons. The Hall–Kier alpha value is -2.60. The van der Waals surface area contributed by atoms with Crippen LogP contribution in [0.1, 0.15) is 44.5 Å². The Labute approximate surface area is 178 Å². The van der Waals surface area contributed by atoms with Crippen LogP contribution in [-0.2, 0) is 0 Å². The van der Waals surface area contributed by atoms with Gasteiger partial charge in [0.2, 0.25) is 0 Å². The largest absolute Gasteiger partial charge is 0.494 e. The topological polar surface area (TPSA) is 59.6 Å². The second-order valence-corrected chi connectivity index (χ2v) is 8.11. The molecule has 0 radical (unpaired) electrons. The lowest BCUT2D eigenvalue weighted by atomic mass is 10.1. The van der Waals surface area contributed by atoms with E-state index in [1.807, 2.05) is 30.3 Å². The molecule has 29 heavy (non-hydrogen) atoms. The van der Waals surface area contributed by atoms with Crippen molar-refractivity contribution in [2.75, 3.05) is 18.5 Å². The second kappa shape index (κ2) is 11.4. The standard InChI is InChI=1S/C23H30N2O3S/c1-16(2)11-12-27-21-10-6-8-19(14-21)24-23(29)25-22(26)18-7-5-9-20(13-18)28-15-17(3)4/h5-10,13-14,16-17H,11-12,15H2,1-4H3,(H2,24,25,26,29). The fourth-order valence-electron chi connectivity index (χ4n) is 2.40. The number of hydrogen-bond donors (Lipinski definition) is 2. The summed E-state index contributed by atoms with van der Waals surface area (Å²) in [5.41, 5.74) is 1.24. The zero-order chi connectivity index (χ0) is 21.2. The van der Waals surface area contributed by atoms with Crippen molar-refractivity contribution in [1.82, 2.24) is 5.32 Å². The molecule has 0 atom stereocenters. The number of rotatable bonds is 9. The molecule has 1 amide bonds. The van der Waals surface area contributed by atoms with E-state index in [1.54, 1.807) is 18.2 Å². The van der Waals surface area contributed by atoms with Gasteiger partial charge in [-0.25, -0.2) is 0 Å². The Morgan fingerprint density at radius 2 is 1.66 bits per heavy atom. The summed E-state index contributed by atoms with van der Waals surface area (Å²) in [6, 6.07) is 14.6. The fraction of sp³-hybridized carbons (Fsp3) is 0.391. The molecule has 6 heteroatoms. The van der Waals surface area contributed by atoms with Gasteiger partial charge in [-0.2, -0.15) is 0 Å². The molecule has 0 saturated heterocycles. The van der Waals surface area contributed by atoms with Crippen LogP contribution in [0.2, 0.25) is 0 Å². The Morgan fingerprint density at radius 1 is 0.966 bits per heavy atom. The first-order valence-electron chi connectivity index (χ1n) is 9.91. The van der Waals surface area contributed by atoms with Crippen molar-refractivity contribution in [2.24, 2.45) is 11.8 Å². The summed E-state index contributed by atoms with van der Waals surface area (Å²) in [4.78, 5) is 12.5. The van der Waals surface area contributed by atoms with Gasteiger partial charge in [0.25, 0.3) is 5.91 Å². The predicted octanol–water partition coefficient (Wildman–Crippen LogP) is 5.27. The lowest BCUT2D eigenvalue weighted by Gasteiger charge is -2.13. The lowest BCUT2D eigenvalue weighted by molar-refractivity contribution is 0.0977. The van der Waals surface area contributed by atoms with Crippen LogP contribution in [0.3, 0.4) is 0 Å². The highest BCUT2D eigenvalue weighted by molar-refractivity contribution is 7.80. The number of anilines is 1. The quantitative estimate of drug-likeness (QED) is 0.547. The van der Waals surface area contributed by atoms with E-state index >= 15 is 0 Å². The van der Waals surface area contributed by atoms with Gasteiger partial charge in [-0.15, -0.1) is 0 Å². The molecule has 2 N–H and O–H groups in total. The summed E-state index contributed by atoms with van der Waals surface area (Å²) in [5, 5.41) is 5.95. The summed E-state index contributed by atoms with van der Waals surface area (Å²) in [6.45, 7) is 9.73. The van der Waals surface area contributed by atoms with Crippen molar-refractivity contribution in [1.29, 1.82) is 0 Å². The first-order valence-corrected chi connectivity index (χ1v) is 10.3. The van der Waals surface area contributed by atoms with Crippen LogP contribution < -0.4 is 20.1 Å². The van der Waals surface area contributed by atoms with Gasteiger partial charge < -0.3 is 14.8 Å². The highest BCUT2D eigenvalue weighted by Crippen LogP contribution is 2.18. The van der Waals surface area contributed by atoms with Crippen LogP contribution in [0.15, 0.2) is 48.5 Å². The number of amides is 1. The number of hydrogen-bond acceptors (Lipinski definition) is 4. The highest BCUT2D eigenvalue weighted by Gasteiger charge is 2.10. The molecule has 0 aliphatic carbocycles. The molecule has 2 aromatic carbocycles. The number of ether oxygens (including phenoxy) is 2. The van der Waals surface area contributed by atoms with E-state index in [0.29, 0.717) is 36.4 Å². The Morgan fingerprint density at radius 3 is 2.34 bits per heavy atom. The van der Waals surface area contributed by atoms with Gasteiger partial charge in [0.15, 0.2) is 5.11 Å². The highest BCUT2D eigenvalue weighted by atomic mass is 32.1. The zero-order valence-corrected chi connectivity index (χ0v) is 18.3. The molecular weight excluding hydrogens is 384 g/mol. The van der Waals surface area contributed by atoms with Crippen LogP contribution >= 0.6 is 12.2 Å². The maximum absolute atomic E-state index is 12.5. The van der Waals surface area contributed by atoms with Crippen molar-refractivity contribution in [3.8, 4) is 11.5 Å². The van der Waals surface area contributed by atoms with E-state index in [-0.39, 0.29) is 11.0 Å². The average molecular weight is 415 g/mol. The van der Waals surface area contributed by atoms with Crippen molar-refractivity contribution >= 4 is 28.9 Å². The molecule has 0 spiro atoms. The van der Waals surface area contributed by atoms with E-state index < -0.39 is 0 Å². The maximum atomic E-state index is 12.5.